The van der Waals surface area contributed by atoms with E-state index in [4.69, 9.17) is 9.57 Å². The Morgan fingerprint density at radius 3 is 2.68 bits per heavy atom. The normalized spacial score (nSPS) is 18.9. The van der Waals surface area contributed by atoms with Crippen molar-refractivity contribution in [1.29, 1.82) is 0 Å². The minimum atomic E-state index is -3.66. The minimum Gasteiger partial charge on any atom is -0.385 e. The molecule has 1 saturated heterocycles. The van der Waals surface area contributed by atoms with E-state index in [1.165, 1.54) is 22.9 Å². The summed E-state index contributed by atoms with van der Waals surface area (Å²) in [6, 6.07) is 4.85. The van der Waals surface area contributed by atoms with Gasteiger partial charge in [0.1, 0.15) is 11.0 Å². The molecule has 11 heteroatoms. The fourth-order valence-corrected chi connectivity index (χ4v) is 5.73. The highest BCUT2D eigenvalue weighted by atomic mass is 32.2. The Kier molecular flexibility index (Phi) is 6.73. The molecule has 4 rings (SSSR count). The molecule has 0 spiro atoms. The predicted molar refractivity (Wildman–Crippen MR) is 113 cm³/mol. The lowest BCUT2D eigenvalue weighted by molar-refractivity contribution is -0.139. The number of aromatic nitrogens is 3. The van der Waals surface area contributed by atoms with Crippen LogP contribution in [0, 0.1) is 0 Å². The predicted octanol–water partition coefficient (Wildman–Crippen LogP) is 1.06. The van der Waals surface area contributed by atoms with Crippen LogP contribution < -0.4 is 4.84 Å². The van der Waals surface area contributed by atoms with E-state index in [0.29, 0.717) is 43.9 Å². The summed E-state index contributed by atoms with van der Waals surface area (Å²) in [6.07, 6.45) is 5.55. The summed E-state index contributed by atoms with van der Waals surface area (Å²) in [4.78, 5) is 21.5. The zero-order chi connectivity index (χ0) is 21.8. The molecule has 0 bridgehead atoms. The van der Waals surface area contributed by atoms with E-state index in [2.05, 4.69) is 10.3 Å². The van der Waals surface area contributed by atoms with Crippen LogP contribution >= 0.6 is 0 Å². The topological polar surface area (TPSA) is 107 Å². The summed E-state index contributed by atoms with van der Waals surface area (Å²) in [7, 11) is -3.66. The first-order valence-electron chi connectivity index (χ1n) is 10.9. The smallest absolute Gasteiger partial charge is 0.263 e. The molecule has 0 radical (unpaired) electrons. The van der Waals surface area contributed by atoms with Gasteiger partial charge in [0.25, 0.3) is 5.91 Å². The number of likely N-dealkylation sites (N-methyl/N-ethyl adjacent to an activating group) is 1. The van der Waals surface area contributed by atoms with E-state index in [1.807, 2.05) is 11.8 Å². The van der Waals surface area contributed by atoms with Crippen molar-refractivity contribution in [3.8, 4) is 0 Å². The molecule has 31 heavy (non-hydrogen) atoms. The van der Waals surface area contributed by atoms with E-state index in [0.717, 1.165) is 30.5 Å². The number of nitrogens with zero attached hydrogens (tertiary/aromatic N) is 5. The van der Waals surface area contributed by atoms with E-state index >= 15 is 0 Å². The molecule has 1 aromatic heterocycles. The van der Waals surface area contributed by atoms with Crippen molar-refractivity contribution in [2.45, 2.75) is 50.0 Å². The van der Waals surface area contributed by atoms with Crippen LogP contribution in [-0.2, 0) is 19.6 Å². The second-order valence-corrected chi connectivity index (χ2v) is 9.81. The fourth-order valence-electron chi connectivity index (χ4n) is 4.30. The molecule has 2 fully saturated rings. The largest absolute Gasteiger partial charge is 0.385 e. The average Bonchev–Trinajstić information content (AvgIpc) is 3.22. The van der Waals surface area contributed by atoms with Gasteiger partial charge < -0.3 is 14.5 Å². The Bertz CT molecular complexity index is 1010. The van der Waals surface area contributed by atoms with Crippen LogP contribution in [0.2, 0.25) is 0 Å². The third-order valence-corrected chi connectivity index (χ3v) is 7.88. The molecule has 0 atom stereocenters. The van der Waals surface area contributed by atoms with Gasteiger partial charge in [0.15, 0.2) is 6.61 Å². The van der Waals surface area contributed by atoms with Crippen molar-refractivity contribution < 1.29 is 22.8 Å². The highest BCUT2D eigenvalue weighted by Crippen LogP contribution is 2.23. The molecular formula is C20H29N5O5S. The standard InChI is InChI=1S/C20H29N5O5S/c1-2-24(16-6-4-3-5-7-16)20(26)15-30-25-19-14-17(8-9-18(19)21-22-25)31(27,28)23-10-12-29-13-11-23/h8-9,14,16H,2-7,10-13,15H2,1H3. The quantitative estimate of drug-likeness (QED) is 0.620. The fraction of sp³-hybridized carbons (Fsp3) is 0.650. The molecule has 2 aromatic rings. The number of carbonyl (C=O) groups excluding carboxylic acids is 1. The Balaban J connectivity index is 1.49. The lowest BCUT2D eigenvalue weighted by atomic mass is 9.94. The van der Waals surface area contributed by atoms with Gasteiger partial charge in [0.2, 0.25) is 10.0 Å². The van der Waals surface area contributed by atoms with Crippen LogP contribution in [0.5, 0.6) is 0 Å². The number of carbonyl (C=O) groups is 1. The van der Waals surface area contributed by atoms with Crippen LogP contribution in [0.1, 0.15) is 39.0 Å². The van der Waals surface area contributed by atoms with Gasteiger partial charge >= 0.3 is 0 Å². The highest BCUT2D eigenvalue weighted by molar-refractivity contribution is 7.89. The van der Waals surface area contributed by atoms with Crippen LogP contribution in [0.4, 0.5) is 0 Å². The van der Waals surface area contributed by atoms with Gasteiger partial charge in [0.05, 0.1) is 18.1 Å². The molecule has 1 saturated carbocycles. The molecule has 170 valence electrons. The van der Waals surface area contributed by atoms with E-state index in [1.54, 1.807) is 6.07 Å². The lowest BCUT2D eigenvalue weighted by Gasteiger charge is -2.33. The van der Waals surface area contributed by atoms with Crippen molar-refractivity contribution in [3.63, 3.8) is 0 Å². The zero-order valence-corrected chi connectivity index (χ0v) is 18.6. The molecule has 1 amide bonds. The van der Waals surface area contributed by atoms with Crippen molar-refractivity contribution in [2.24, 2.45) is 0 Å². The van der Waals surface area contributed by atoms with Crippen LogP contribution in [-0.4, -0.2) is 84.2 Å². The van der Waals surface area contributed by atoms with Crippen LogP contribution in [0.3, 0.4) is 0 Å². The van der Waals surface area contributed by atoms with Crippen molar-refractivity contribution >= 4 is 27.0 Å². The molecule has 1 aliphatic carbocycles. The van der Waals surface area contributed by atoms with Gasteiger partial charge in [-0.1, -0.05) is 24.1 Å². The number of sulfonamides is 1. The molecule has 0 unspecified atom stereocenters. The van der Waals surface area contributed by atoms with Crippen molar-refractivity contribution in [2.75, 3.05) is 39.5 Å². The summed E-state index contributed by atoms with van der Waals surface area (Å²) in [6.45, 7) is 3.81. The maximum absolute atomic E-state index is 13.0. The first-order chi connectivity index (χ1) is 15.0. The molecule has 1 aliphatic heterocycles. The second kappa shape index (κ2) is 9.49. The maximum Gasteiger partial charge on any atom is 0.263 e. The monoisotopic (exact) mass is 451 g/mol. The third kappa shape index (κ3) is 4.68. The summed E-state index contributed by atoms with van der Waals surface area (Å²) in [5.41, 5.74) is 0.899. The van der Waals surface area contributed by atoms with E-state index < -0.39 is 10.0 Å². The number of fused-ring (bicyclic) bond motifs is 1. The summed E-state index contributed by atoms with van der Waals surface area (Å²) < 4.78 is 32.6. The Morgan fingerprint density at radius 2 is 1.97 bits per heavy atom. The Morgan fingerprint density at radius 1 is 1.23 bits per heavy atom. The highest BCUT2D eigenvalue weighted by Gasteiger charge is 2.28. The van der Waals surface area contributed by atoms with Crippen LogP contribution in [0.15, 0.2) is 23.1 Å². The Hall–Kier alpha value is -2.24. The van der Waals surface area contributed by atoms with Crippen molar-refractivity contribution in [1.82, 2.24) is 24.4 Å². The number of amides is 1. The van der Waals surface area contributed by atoms with Crippen molar-refractivity contribution in [3.05, 3.63) is 18.2 Å². The van der Waals surface area contributed by atoms with Gasteiger partial charge in [-0.15, -0.1) is 5.10 Å². The molecular weight excluding hydrogens is 422 g/mol. The number of rotatable bonds is 7. The zero-order valence-electron chi connectivity index (χ0n) is 17.8. The van der Waals surface area contributed by atoms with Crippen LogP contribution in [0.25, 0.3) is 11.0 Å². The van der Waals surface area contributed by atoms with Gasteiger partial charge in [-0.25, -0.2) is 8.42 Å². The summed E-state index contributed by atoms with van der Waals surface area (Å²) >= 11 is 0. The summed E-state index contributed by atoms with van der Waals surface area (Å²) in [5, 5.41) is 7.97. The average molecular weight is 452 g/mol. The number of benzene rings is 1. The minimum absolute atomic E-state index is 0.102. The molecule has 2 aliphatic rings. The van der Waals surface area contributed by atoms with Gasteiger partial charge in [-0.05, 0) is 43.2 Å². The van der Waals surface area contributed by atoms with E-state index in [-0.39, 0.29) is 23.5 Å². The van der Waals surface area contributed by atoms with E-state index in [9.17, 15) is 13.2 Å². The summed E-state index contributed by atoms with van der Waals surface area (Å²) in [5.74, 6) is -0.102. The number of hydrogen-bond donors (Lipinski definition) is 0. The van der Waals surface area contributed by atoms with Gasteiger partial charge in [-0.2, -0.15) is 4.31 Å². The molecule has 0 N–H and O–H groups in total. The first kappa shape index (κ1) is 22.0. The van der Waals surface area contributed by atoms with Gasteiger partial charge in [-0.3, -0.25) is 4.79 Å². The third-order valence-electron chi connectivity index (χ3n) is 5.98. The number of hydrogen-bond acceptors (Lipinski definition) is 7. The SMILES string of the molecule is CCN(C(=O)COn1nnc2ccc(S(=O)(=O)N3CCOCC3)cc21)C1CCCCC1. The molecule has 2 heterocycles. The molecule has 1 aromatic carbocycles. The Labute approximate surface area is 182 Å². The number of morpholine rings is 1. The lowest BCUT2D eigenvalue weighted by Crippen LogP contribution is -2.44. The number of ether oxygens (including phenoxy) is 1. The first-order valence-corrected chi connectivity index (χ1v) is 12.3. The molecule has 10 nitrogen and oxygen atoms in total. The maximum atomic E-state index is 13.0. The second-order valence-electron chi connectivity index (χ2n) is 7.87. The van der Waals surface area contributed by atoms with Gasteiger partial charge in [0, 0.05) is 25.7 Å².